The molecule has 0 bridgehead atoms. The largest absolute Gasteiger partial charge is 0.457 e. The van der Waals surface area contributed by atoms with Gasteiger partial charge in [-0.15, -0.1) is 0 Å². The van der Waals surface area contributed by atoms with E-state index in [4.69, 9.17) is 9.47 Å². The van der Waals surface area contributed by atoms with Crippen molar-refractivity contribution in [1.82, 2.24) is 0 Å². The SMILES string of the molecule is Cc1ccc(Oc2cc3c4c(c2)N(c2ccc(C(C)(C)C)cc2)c2cc5c(cc2B4c2ccc(C(C)(C)C)cc2N3c2ccc(C)cc2)B2c3ccc(C(C)(C)C)cc3N(c3ccc(C(C)(C)C)cc3)c3cc(Oc4ccc(C(C)(C)C)cc4)cc(c32)N5c2ccc(C(C)(C)C)cc2)cc1. The minimum absolute atomic E-state index is 0.0211. The topological polar surface area (TPSA) is 31.4 Å². The molecule has 15 rings (SSSR count). The van der Waals surface area contributed by atoms with Crippen molar-refractivity contribution in [3.05, 3.63) is 263 Å². The number of rotatable bonds is 8. The minimum atomic E-state index is -0.217. The minimum Gasteiger partial charge on any atom is -0.457 e. The lowest BCUT2D eigenvalue weighted by Gasteiger charge is -2.47. The molecule has 0 radical (unpaired) electrons. The van der Waals surface area contributed by atoms with Crippen LogP contribution >= 0.6 is 0 Å². The van der Waals surface area contributed by atoms with Gasteiger partial charge in [0.2, 0.25) is 0 Å². The highest BCUT2D eigenvalue weighted by molar-refractivity contribution is 7.03. The number of hydrogen-bond acceptors (Lipinski definition) is 6. The van der Waals surface area contributed by atoms with Crippen LogP contribution < -0.4 is 61.9 Å². The van der Waals surface area contributed by atoms with Gasteiger partial charge in [0, 0.05) is 92.5 Å². The zero-order chi connectivity index (χ0) is 70.7. The Labute approximate surface area is 596 Å². The molecule has 0 N–H and O–H groups in total. The molecule has 0 amide bonds. The number of benzene rings is 11. The van der Waals surface area contributed by atoms with E-state index < -0.39 is 0 Å². The van der Waals surface area contributed by atoms with Crippen LogP contribution in [0.25, 0.3) is 0 Å². The number of hydrogen-bond donors (Lipinski definition) is 0. The maximum atomic E-state index is 7.34. The Morgan fingerprint density at radius 2 is 0.460 bits per heavy atom. The van der Waals surface area contributed by atoms with Crippen LogP contribution in [-0.2, 0) is 32.5 Å². The van der Waals surface area contributed by atoms with E-state index in [0.29, 0.717) is 0 Å². The van der Waals surface area contributed by atoms with Crippen molar-refractivity contribution >= 4 is 114 Å². The highest BCUT2D eigenvalue weighted by Crippen LogP contribution is 2.52. The average Bonchev–Trinajstić information content (AvgIpc) is 0.687. The normalized spacial score (nSPS) is 14.1. The molecule has 0 saturated heterocycles. The van der Waals surface area contributed by atoms with Crippen molar-refractivity contribution in [2.75, 3.05) is 19.6 Å². The van der Waals surface area contributed by atoms with Gasteiger partial charge in [-0.3, -0.25) is 0 Å². The molecule has 0 aliphatic carbocycles. The lowest BCUT2D eigenvalue weighted by atomic mass is 9.30. The molecule has 11 aromatic rings. The lowest BCUT2D eigenvalue weighted by Crippen LogP contribution is -2.65. The molecule has 0 spiro atoms. The van der Waals surface area contributed by atoms with E-state index in [2.05, 4.69) is 376 Å². The van der Waals surface area contributed by atoms with Gasteiger partial charge < -0.3 is 29.1 Å². The van der Waals surface area contributed by atoms with Gasteiger partial charge in [-0.05, 0) is 203 Å². The molecule has 0 unspecified atom stereocenters. The monoisotopic (exact) mass is 1310 g/mol. The molecule has 0 atom stereocenters. The van der Waals surface area contributed by atoms with Crippen LogP contribution in [0.5, 0.6) is 23.0 Å². The molecule has 100 heavy (non-hydrogen) atoms. The molecule has 502 valence electrons. The van der Waals surface area contributed by atoms with E-state index >= 15 is 0 Å². The first-order valence-electron chi connectivity index (χ1n) is 36.1. The maximum Gasteiger partial charge on any atom is 0.252 e. The van der Waals surface area contributed by atoms with Crippen molar-refractivity contribution in [1.29, 1.82) is 0 Å². The Morgan fingerprint density at radius 1 is 0.220 bits per heavy atom. The van der Waals surface area contributed by atoms with Crippen LogP contribution in [-0.4, -0.2) is 13.4 Å². The average molecular weight is 1310 g/mol. The Bertz CT molecular complexity index is 5010. The number of ether oxygens (including phenoxy) is 2. The van der Waals surface area contributed by atoms with Gasteiger partial charge in [-0.25, -0.2) is 0 Å². The van der Waals surface area contributed by atoms with Crippen LogP contribution in [0.4, 0.5) is 68.2 Å². The summed E-state index contributed by atoms with van der Waals surface area (Å²) in [7, 11) is 0. The Morgan fingerprint density at radius 3 is 0.750 bits per heavy atom. The summed E-state index contributed by atoms with van der Waals surface area (Å²) in [6, 6.07) is 83.7. The summed E-state index contributed by atoms with van der Waals surface area (Å²) in [5, 5.41) is 0. The summed E-state index contributed by atoms with van der Waals surface area (Å²) < 4.78 is 14.6. The Balaban J connectivity index is 1.08. The highest BCUT2D eigenvalue weighted by Gasteiger charge is 2.49. The number of fused-ring (bicyclic) bond motifs is 8. The third-order valence-electron chi connectivity index (χ3n) is 21.4. The summed E-state index contributed by atoms with van der Waals surface area (Å²) in [6.07, 6.45) is 0. The number of nitrogens with zero attached hydrogens (tertiary/aromatic N) is 4. The van der Waals surface area contributed by atoms with E-state index in [0.717, 1.165) is 79.9 Å². The van der Waals surface area contributed by atoms with Crippen molar-refractivity contribution in [3.63, 3.8) is 0 Å². The summed E-state index contributed by atoms with van der Waals surface area (Å²) >= 11 is 0. The lowest BCUT2D eigenvalue weighted by molar-refractivity contribution is 0.481. The van der Waals surface area contributed by atoms with E-state index in [1.807, 2.05) is 0 Å². The summed E-state index contributed by atoms with van der Waals surface area (Å²) in [5.41, 5.74) is 30.2. The van der Waals surface area contributed by atoms with Crippen LogP contribution in [0.1, 0.15) is 169 Å². The molecule has 8 heteroatoms. The smallest absolute Gasteiger partial charge is 0.252 e. The van der Waals surface area contributed by atoms with Gasteiger partial charge in [0.15, 0.2) is 0 Å². The first-order chi connectivity index (χ1) is 47.1. The molecule has 0 saturated carbocycles. The second kappa shape index (κ2) is 23.5. The van der Waals surface area contributed by atoms with Crippen molar-refractivity contribution in [2.45, 2.75) is 171 Å². The highest BCUT2D eigenvalue weighted by atomic mass is 16.5. The quantitative estimate of drug-likeness (QED) is 0.141. The molecule has 0 aromatic heterocycles. The van der Waals surface area contributed by atoms with Crippen LogP contribution in [0.2, 0.25) is 0 Å². The zero-order valence-electron chi connectivity index (χ0n) is 62.5. The first kappa shape index (κ1) is 66.2. The third kappa shape index (κ3) is 11.7. The molecule has 6 nitrogen and oxygen atoms in total. The number of aryl methyl sites for hydroxylation is 2. The van der Waals surface area contributed by atoms with Crippen molar-refractivity contribution in [3.8, 4) is 23.0 Å². The predicted octanol–water partition coefficient (Wildman–Crippen LogP) is 21.8. The number of anilines is 12. The first-order valence-corrected chi connectivity index (χ1v) is 36.1. The van der Waals surface area contributed by atoms with E-state index in [1.54, 1.807) is 0 Å². The molecule has 4 aliphatic rings. The van der Waals surface area contributed by atoms with E-state index in [-0.39, 0.29) is 45.9 Å². The second-order valence-corrected chi connectivity index (χ2v) is 35.0. The van der Waals surface area contributed by atoms with E-state index in [1.165, 1.54) is 88.7 Å². The molecular formula is C92H96B2N4O2. The van der Waals surface area contributed by atoms with Gasteiger partial charge in [0.05, 0.1) is 0 Å². The third-order valence-corrected chi connectivity index (χ3v) is 21.4. The summed E-state index contributed by atoms with van der Waals surface area (Å²) in [5.74, 6) is 3.09. The van der Waals surface area contributed by atoms with Gasteiger partial charge in [0.1, 0.15) is 23.0 Å². The fraction of sp³-hybridized carbons (Fsp3) is 0.283. The van der Waals surface area contributed by atoms with Crippen molar-refractivity contribution < 1.29 is 9.47 Å². The molecule has 0 fully saturated rings. The standard InChI is InChI=1S/C92H96B2N4O2/c1-57-21-35-65(36-22-57)95-77-49-63(91(15,16)17)33-47-73(77)93-75-55-76-80(56-79(75)97(67-39-27-60(28-40-67)88(6,7)8)83-53-71(51-81(95)85(83)93)99-69-43-23-58(2)24-44-69)98(68-41-29-61(30-42-68)89(9,10)11)84-54-72(100-70-45-31-62(32-46-70)90(12,13)14)52-82-86(84)94(76)74-48-34-64(92(18,19)20)50-78(74)96(82)66-37-25-59(26-38-66)87(3,4)5/h21-56H,1-20H3. The Hall–Kier alpha value is -9.65. The van der Waals surface area contributed by atoms with Gasteiger partial charge in [-0.2, -0.15) is 0 Å². The molecule has 11 aromatic carbocycles. The van der Waals surface area contributed by atoms with Gasteiger partial charge >= 0.3 is 0 Å². The van der Waals surface area contributed by atoms with Crippen LogP contribution in [0, 0.1) is 13.8 Å². The zero-order valence-corrected chi connectivity index (χ0v) is 62.5. The molecule has 4 heterocycles. The van der Waals surface area contributed by atoms with Crippen LogP contribution in [0.3, 0.4) is 0 Å². The fourth-order valence-electron chi connectivity index (χ4n) is 15.5. The predicted molar refractivity (Wildman–Crippen MR) is 429 cm³/mol. The summed E-state index contributed by atoms with van der Waals surface area (Å²) in [6.45, 7) is 45.5. The second-order valence-electron chi connectivity index (χ2n) is 35.0. The van der Waals surface area contributed by atoms with E-state index in [9.17, 15) is 0 Å². The summed E-state index contributed by atoms with van der Waals surface area (Å²) in [4.78, 5) is 10.2. The van der Waals surface area contributed by atoms with Crippen molar-refractivity contribution in [2.24, 2.45) is 0 Å². The van der Waals surface area contributed by atoms with Gasteiger partial charge in [-0.1, -0.05) is 239 Å². The Kier molecular flexibility index (Phi) is 15.6. The molecule has 4 aliphatic heterocycles. The maximum absolute atomic E-state index is 7.34. The fourth-order valence-corrected chi connectivity index (χ4v) is 15.5. The van der Waals surface area contributed by atoms with Crippen LogP contribution in [0.15, 0.2) is 218 Å². The van der Waals surface area contributed by atoms with Gasteiger partial charge in [0.25, 0.3) is 13.4 Å². The molecular weight excluding hydrogens is 1210 g/mol.